The first-order valence-electron chi connectivity index (χ1n) is 22.4. The Morgan fingerprint density at radius 3 is 2.13 bits per heavy atom. The van der Waals surface area contributed by atoms with Crippen LogP contribution in [0.5, 0.6) is 11.5 Å². The Balaban J connectivity index is 1.14. The maximum absolute atomic E-state index is 7.07. The number of fused-ring (bicyclic) bond motifs is 7. The van der Waals surface area contributed by atoms with Crippen LogP contribution >= 0.6 is 0 Å². The molecule has 4 aromatic carbocycles. The van der Waals surface area contributed by atoms with Gasteiger partial charge in [-0.15, -0.1) is 0 Å². The molecule has 6 heterocycles. The van der Waals surface area contributed by atoms with Crippen LogP contribution in [0.2, 0.25) is 0 Å². The van der Waals surface area contributed by atoms with Gasteiger partial charge in [0.05, 0.1) is 17.8 Å². The molecule has 0 N–H and O–H groups in total. The fraction of sp³-hybridized carbons (Fsp3) is 0.411. The summed E-state index contributed by atoms with van der Waals surface area (Å²) in [5.41, 5.74) is 16.9. The van der Waals surface area contributed by atoms with E-state index in [0.717, 1.165) is 11.5 Å². The molecule has 2 aromatic heterocycles. The van der Waals surface area contributed by atoms with E-state index in [1.54, 1.807) is 0 Å². The van der Waals surface area contributed by atoms with Gasteiger partial charge in [-0.25, -0.2) is 4.57 Å². The highest BCUT2D eigenvalue weighted by Gasteiger charge is 2.65. The molecule has 1 fully saturated rings. The number of rotatable bonds is 2. The summed E-state index contributed by atoms with van der Waals surface area (Å²) in [6.45, 7) is 33.7. The number of nitrogens with zero attached hydrogens (tertiary/aromatic N) is 3. The molecule has 306 valence electrons. The molecule has 0 saturated heterocycles. The van der Waals surface area contributed by atoms with Crippen LogP contribution in [0.4, 0.5) is 0 Å². The molecule has 11 rings (SSSR count). The number of ether oxygens (including phenoxy) is 1. The Kier molecular flexibility index (Phi) is 7.22. The van der Waals surface area contributed by atoms with Crippen LogP contribution in [-0.2, 0) is 16.5 Å². The lowest BCUT2D eigenvalue weighted by atomic mass is 9.41. The van der Waals surface area contributed by atoms with Crippen molar-refractivity contribution in [3.05, 3.63) is 147 Å². The van der Waals surface area contributed by atoms with E-state index in [2.05, 4.69) is 202 Å². The minimum atomic E-state index is -0.655. The third kappa shape index (κ3) is 4.50. The van der Waals surface area contributed by atoms with E-state index in [1.807, 2.05) is 0 Å². The van der Waals surface area contributed by atoms with Gasteiger partial charge in [0.1, 0.15) is 22.6 Å². The molecule has 2 atom stereocenters. The number of hydrogen-bond acceptors (Lipinski definition) is 2. The molecule has 0 radical (unpaired) electrons. The van der Waals surface area contributed by atoms with Crippen molar-refractivity contribution in [2.75, 3.05) is 0 Å². The molecule has 4 heteroatoms. The number of hydrogen-bond donors (Lipinski definition) is 0. The predicted molar refractivity (Wildman–Crippen MR) is 247 cm³/mol. The van der Waals surface area contributed by atoms with Crippen molar-refractivity contribution in [2.45, 2.75) is 132 Å². The number of allylic oxidation sites excluding steroid dienone is 2. The van der Waals surface area contributed by atoms with Crippen molar-refractivity contribution in [1.29, 1.82) is 0 Å². The van der Waals surface area contributed by atoms with Gasteiger partial charge >= 0.3 is 0 Å². The van der Waals surface area contributed by atoms with Gasteiger partial charge in [-0.05, 0) is 149 Å². The molecule has 6 aromatic rings. The highest BCUT2D eigenvalue weighted by Crippen LogP contribution is 2.66. The summed E-state index contributed by atoms with van der Waals surface area (Å²) >= 11 is 0. The molecule has 1 aliphatic carbocycles. The van der Waals surface area contributed by atoms with Gasteiger partial charge in [-0.1, -0.05) is 106 Å². The minimum absolute atomic E-state index is 0.00359. The molecule has 60 heavy (non-hydrogen) atoms. The SMILES string of the molecule is CC1=CN2C(C=C1c1ccc(C3(C)C(C)(C)CC(C)(C)CC3(C)C)cc1C)c1cccc3c1C21c2c(ccc4c5cc(C(C)(C)C)ccc5n(c24)-c2cc(C)c(C)c[n+]21)O3. The van der Waals surface area contributed by atoms with E-state index in [4.69, 9.17) is 4.74 Å². The summed E-state index contributed by atoms with van der Waals surface area (Å²) in [5, 5.41) is 2.57. The van der Waals surface area contributed by atoms with E-state index in [9.17, 15) is 0 Å². The highest BCUT2D eigenvalue weighted by atomic mass is 16.5. The van der Waals surface area contributed by atoms with Crippen LogP contribution in [0.25, 0.3) is 33.2 Å². The van der Waals surface area contributed by atoms with Crippen LogP contribution in [0.15, 0.2) is 96.8 Å². The standard InChI is InChI=1S/C56H62N3O/c1-32-25-47-58(28-34(32)3)56-48-40(16-15-17-45(48)60-46-23-21-39-42-26-36(51(5,6)7)19-22-43(42)59(47)50(39)49(46)56)44-27-41(35(4)29-57(44)56)38-20-18-37(24-33(38)2)55(14)53(10,11)30-52(8,9)31-54(55,12)13/h15-29,44H,30-31H2,1-14H3/q+1. The molecule has 1 spiro atoms. The minimum Gasteiger partial charge on any atom is -0.456 e. The Morgan fingerprint density at radius 1 is 0.717 bits per heavy atom. The average Bonchev–Trinajstić information content (AvgIpc) is 3.64. The smallest absolute Gasteiger partial charge is 0.289 e. The molecule has 2 unspecified atom stereocenters. The molecular formula is C56H62N3O+. The van der Waals surface area contributed by atoms with Crippen molar-refractivity contribution in [3.63, 3.8) is 0 Å². The van der Waals surface area contributed by atoms with Crippen molar-refractivity contribution in [1.82, 2.24) is 9.47 Å². The second-order valence-electron chi connectivity index (χ2n) is 22.7. The quantitative estimate of drug-likeness (QED) is 0.163. The van der Waals surface area contributed by atoms with Gasteiger partial charge in [0.2, 0.25) is 5.66 Å². The summed E-state index contributed by atoms with van der Waals surface area (Å²) < 4.78 is 12.2. The first kappa shape index (κ1) is 37.9. The molecule has 1 saturated carbocycles. The van der Waals surface area contributed by atoms with Gasteiger partial charge in [-0.2, -0.15) is 4.57 Å². The zero-order valence-electron chi connectivity index (χ0n) is 38.4. The zero-order valence-corrected chi connectivity index (χ0v) is 38.4. The van der Waals surface area contributed by atoms with Gasteiger partial charge in [0, 0.05) is 28.5 Å². The second-order valence-corrected chi connectivity index (χ2v) is 22.7. The predicted octanol–water partition coefficient (Wildman–Crippen LogP) is 14.0. The summed E-state index contributed by atoms with van der Waals surface area (Å²) in [6, 6.07) is 28.3. The maximum atomic E-state index is 7.07. The van der Waals surface area contributed by atoms with Crippen LogP contribution in [-0.4, -0.2) is 9.47 Å². The van der Waals surface area contributed by atoms with E-state index >= 15 is 0 Å². The van der Waals surface area contributed by atoms with E-state index < -0.39 is 5.66 Å². The summed E-state index contributed by atoms with van der Waals surface area (Å²) in [5.74, 6) is 3.06. The lowest BCUT2D eigenvalue weighted by Crippen LogP contribution is -2.68. The molecule has 4 aliphatic heterocycles. The van der Waals surface area contributed by atoms with Crippen LogP contribution in [0.1, 0.15) is 145 Å². The van der Waals surface area contributed by atoms with Gasteiger partial charge in [0.25, 0.3) is 5.82 Å². The third-order valence-corrected chi connectivity index (χ3v) is 16.6. The molecule has 5 aliphatic rings. The molecular weight excluding hydrogens is 731 g/mol. The van der Waals surface area contributed by atoms with Crippen molar-refractivity contribution in [3.8, 4) is 17.3 Å². The lowest BCUT2D eigenvalue weighted by Gasteiger charge is -2.63. The maximum Gasteiger partial charge on any atom is 0.289 e. The molecule has 0 amide bonds. The second kappa shape index (κ2) is 11.4. The summed E-state index contributed by atoms with van der Waals surface area (Å²) in [7, 11) is 0. The first-order chi connectivity index (χ1) is 28.1. The van der Waals surface area contributed by atoms with Crippen molar-refractivity contribution < 1.29 is 9.30 Å². The Labute approximate surface area is 357 Å². The summed E-state index contributed by atoms with van der Waals surface area (Å²) in [6.07, 6.45) is 9.91. The Bertz CT molecular complexity index is 2970. The van der Waals surface area contributed by atoms with Gasteiger partial charge in [-0.3, -0.25) is 0 Å². The van der Waals surface area contributed by atoms with Crippen LogP contribution in [0, 0.1) is 37.0 Å². The number of aryl methyl sites for hydroxylation is 3. The van der Waals surface area contributed by atoms with Crippen molar-refractivity contribution in [2.24, 2.45) is 16.2 Å². The summed E-state index contributed by atoms with van der Waals surface area (Å²) in [4.78, 5) is 2.68. The Hall–Kier alpha value is -5.09. The van der Waals surface area contributed by atoms with Crippen LogP contribution in [0.3, 0.4) is 0 Å². The van der Waals surface area contributed by atoms with E-state index in [1.165, 1.54) is 102 Å². The van der Waals surface area contributed by atoms with E-state index in [0.29, 0.717) is 5.41 Å². The number of pyridine rings is 1. The lowest BCUT2D eigenvalue weighted by molar-refractivity contribution is -0.760. The first-order valence-corrected chi connectivity index (χ1v) is 22.4. The zero-order chi connectivity index (χ0) is 42.4. The molecule has 4 nitrogen and oxygen atoms in total. The Morgan fingerprint density at radius 2 is 1.43 bits per heavy atom. The highest BCUT2D eigenvalue weighted by molar-refractivity contribution is 6.12. The number of benzene rings is 4. The average molecular weight is 793 g/mol. The topological polar surface area (TPSA) is 21.3 Å². The van der Waals surface area contributed by atoms with Gasteiger partial charge < -0.3 is 9.64 Å². The van der Waals surface area contributed by atoms with Gasteiger partial charge in [0.15, 0.2) is 5.52 Å². The fourth-order valence-corrected chi connectivity index (χ4v) is 13.9. The monoisotopic (exact) mass is 792 g/mol. The van der Waals surface area contributed by atoms with Crippen molar-refractivity contribution >= 4 is 27.4 Å². The van der Waals surface area contributed by atoms with E-state index in [-0.39, 0.29) is 27.7 Å². The van der Waals surface area contributed by atoms with Crippen LogP contribution < -0.4 is 9.30 Å². The normalized spacial score (nSPS) is 23.4. The number of aromatic nitrogens is 2. The largest absolute Gasteiger partial charge is 0.456 e. The fourth-order valence-electron chi connectivity index (χ4n) is 13.9. The molecule has 0 bridgehead atoms. The third-order valence-electron chi connectivity index (χ3n) is 16.6.